The fourth-order valence-corrected chi connectivity index (χ4v) is 1.95. The molecule has 0 radical (unpaired) electrons. The number of benzene rings is 2. The molecular weight excluding hydrogens is 268 g/mol. The number of H-pyrrole nitrogens is 1. The van der Waals surface area contributed by atoms with Crippen LogP contribution in [0.2, 0.25) is 0 Å². The Kier molecular flexibility index (Phi) is 3.44. The fourth-order valence-electron chi connectivity index (χ4n) is 1.95. The summed E-state index contributed by atoms with van der Waals surface area (Å²) < 4.78 is 0. The molecule has 21 heavy (non-hydrogen) atoms. The van der Waals surface area contributed by atoms with E-state index in [0.29, 0.717) is 11.5 Å². The van der Waals surface area contributed by atoms with Crippen LogP contribution in [0.5, 0.6) is 5.75 Å². The van der Waals surface area contributed by atoms with E-state index < -0.39 is 0 Å². The van der Waals surface area contributed by atoms with Crippen molar-refractivity contribution in [3.8, 4) is 17.0 Å². The van der Waals surface area contributed by atoms with Crippen LogP contribution in [0.3, 0.4) is 0 Å². The highest BCUT2D eigenvalue weighted by molar-refractivity contribution is 5.67. The van der Waals surface area contributed by atoms with E-state index in [0.717, 1.165) is 16.9 Å². The first-order chi connectivity index (χ1) is 10.2. The standard InChI is InChI=1S/C15H14N4O2/c20-13-7-5-11(6-8-13)16-15-9-14(17-18-15)10-1-3-12(19-21)4-2-10/h1-9,19-21H,(H2,16,17,18). The Morgan fingerprint density at radius 2 is 1.57 bits per heavy atom. The number of nitrogens with zero attached hydrogens (tertiary/aromatic N) is 1. The van der Waals surface area contributed by atoms with Gasteiger partial charge in [-0.25, -0.2) is 0 Å². The Hall–Kier alpha value is -2.99. The second kappa shape index (κ2) is 5.56. The minimum Gasteiger partial charge on any atom is -0.508 e. The van der Waals surface area contributed by atoms with Crippen LogP contribution in [0.4, 0.5) is 17.2 Å². The number of aromatic nitrogens is 2. The van der Waals surface area contributed by atoms with E-state index in [1.807, 2.05) is 18.2 Å². The van der Waals surface area contributed by atoms with E-state index in [1.165, 1.54) is 0 Å². The number of anilines is 3. The lowest BCUT2D eigenvalue weighted by molar-refractivity contribution is 0.389. The number of phenols is 1. The monoisotopic (exact) mass is 282 g/mol. The molecule has 0 saturated heterocycles. The van der Waals surface area contributed by atoms with Crippen molar-refractivity contribution in [3.63, 3.8) is 0 Å². The van der Waals surface area contributed by atoms with E-state index in [1.54, 1.807) is 36.4 Å². The summed E-state index contributed by atoms with van der Waals surface area (Å²) in [5.41, 5.74) is 5.37. The van der Waals surface area contributed by atoms with Gasteiger partial charge >= 0.3 is 0 Å². The van der Waals surface area contributed by atoms with Gasteiger partial charge in [0, 0.05) is 11.8 Å². The van der Waals surface area contributed by atoms with Gasteiger partial charge in [0.2, 0.25) is 0 Å². The Morgan fingerprint density at radius 3 is 2.24 bits per heavy atom. The van der Waals surface area contributed by atoms with Gasteiger partial charge in [-0.1, -0.05) is 12.1 Å². The van der Waals surface area contributed by atoms with Gasteiger partial charge in [0.25, 0.3) is 0 Å². The fraction of sp³-hybridized carbons (Fsp3) is 0. The molecule has 2 aromatic carbocycles. The third-order valence-corrected chi connectivity index (χ3v) is 3.04. The van der Waals surface area contributed by atoms with Gasteiger partial charge in [0.05, 0.1) is 11.4 Å². The molecule has 0 saturated carbocycles. The van der Waals surface area contributed by atoms with Crippen LogP contribution >= 0.6 is 0 Å². The predicted molar refractivity (Wildman–Crippen MR) is 80.8 cm³/mol. The second-order valence-electron chi connectivity index (χ2n) is 4.53. The summed E-state index contributed by atoms with van der Waals surface area (Å²) in [6, 6.07) is 15.9. The number of rotatable bonds is 4. The predicted octanol–water partition coefficient (Wildman–Crippen LogP) is 3.33. The lowest BCUT2D eigenvalue weighted by Gasteiger charge is -2.02. The second-order valence-corrected chi connectivity index (χ2v) is 4.53. The van der Waals surface area contributed by atoms with Gasteiger partial charge in [0.15, 0.2) is 5.82 Å². The van der Waals surface area contributed by atoms with E-state index in [2.05, 4.69) is 21.0 Å². The number of aromatic hydroxyl groups is 1. The van der Waals surface area contributed by atoms with Crippen molar-refractivity contribution in [2.24, 2.45) is 0 Å². The Morgan fingerprint density at radius 1 is 0.905 bits per heavy atom. The molecule has 6 nitrogen and oxygen atoms in total. The highest BCUT2D eigenvalue weighted by Gasteiger charge is 2.04. The van der Waals surface area contributed by atoms with Gasteiger partial charge < -0.3 is 10.4 Å². The number of nitrogens with one attached hydrogen (secondary N) is 3. The van der Waals surface area contributed by atoms with Crippen LogP contribution in [0, 0.1) is 0 Å². The van der Waals surface area contributed by atoms with E-state index in [4.69, 9.17) is 5.21 Å². The van der Waals surface area contributed by atoms with E-state index in [9.17, 15) is 5.11 Å². The molecular formula is C15H14N4O2. The SMILES string of the molecule is ONc1ccc(-c2cc(Nc3ccc(O)cc3)n[nH]2)cc1. The summed E-state index contributed by atoms with van der Waals surface area (Å²) >= 11 is 0. The number of hydrogen-bond donors (Lipinski definition) is 5. The third kappa shape index (κ3) is 2.96. The number of hydrogen-bond acceptors (Lipinski definition) is 5. The number of aromatic amines is 1. The first-order valence-corrected chi connectivity index (χ1v) is 6.36. The van der Waals surface area contributed by atoms with Crippen LogP contribution < -0.4 is 10.8 Å². The molecule has 0 aliphatic rings. The number of phenolic OH excluding ortho intramolecular Hbond substituents is 1. The molecule has 3 aromatic rings. The Balaban J connectivity index is 1.77. The topological polar surface area (TPSA) is 93.2 Å². The van der Waals surface area contributed by atoms with E-state index in [-0.39, 0.29) is 5.75 Å². The highest BCUT2D eigenvalue weighted by atomic mass is 16.5. The molecule has 106 valence electrons. The molecule has 0 aliphatic heterocycles. The zero-order valence-corrected chi connectivity index (χ0v) is 11.0. The summed E-state index contributed by atoms with van der Waals surface area (Å²) in [5.74, 6) is 0.904. The van der Waals surface area contributed by atoms with Crippen molar-refractivity contribution in [1.82, 2.24) is 10.2 Å². The summed E-state index contributed by atoms with van der Waals surface area (Å²) in [6.07, 6.45) is 0. The average molecular weight is 282 g/mol. The van der Waals surface area contributed by atoms with Crippen molar-refractivity contribution >= 4 is 17.2 Å². The average Bonchev–Trinajstić information content (AvgIpc) is 2.98. The Bertz CT molecular complexity index is 720. The van der Waals surface area contributed by atoms with Crippen molar-refractivity contribution in [1.29, 1.82) is 0 Å². The van der Waals surface area contributed by atoms with Gasteiger partial charge in [-0.15, -0.1) is 0 Å². The lowest BCUT2D eigenvalue weighted by Crippen LogP contribution is -1.89. The van der Waals surface area contributed by atoms with Crippen LogP contribution in [0.15, 0.2) is 54.6 Å². The first kappa shape index (κ1) is 13.0. The van der Waals surface area contributed by atoms with Crippen LogP contribution in [0.25, 0.3) is 11.3 Å². The molecule has 0 atom stereocenters. The minimum absolute atomic E-state index is 0.223. The van der Waals surface area contributed by atoms with Crippen molar-refractivity contribution in [3.05, 3.63) is 54.6 Å². The van der Waals surface area contributed by atoms with Crippen LogP contribution in [-0.2, 0) is 0 Å². The molecule has 0 spiro atoms. The smallest absolute Gasteiger partial charge is 0.152 e. The van der Waals surface area contributed by atoms with Crippen molar-refractivity contribution in [2.75, 3.05) is 10.8 Å². The molecule has 5 N–H and O–H groups in total. The molecule has 0 aliphatic carbocycles. The quantitative estimate of drug-likeness (QED) is 0.374. The third-order valence-electron chi connectivity index (χ3n) is 3.04. The summed E-state index contributed by atoms with van der Waals surface area (Å²) in [6.45, 7) is 0. The van der Waals surface area contributed by atoms with Crippen molar-refractivity contribution < 1.29 is 10.3 Å². The first-order valence-electron chi connectivity index (χ1n) is 6.36. The maximum absolute atomic E-state index is 9.25. The molecule has 0 amide bonds. The largest absolute Gasteiger partial charge is 0.508 e. The maximum atomic E-state index is 9.25. The lowest BCUT2D eigenvalue weighted by atomic mass is 10.1. The van der Waals surface area contributed by atoms with Gasteiger partial charge in [0.1, 0.15) is 5.75 Å². The zero-order valence-electron chi connectivity index (χ0n) is 11.0. The Labute approximate surface area is 121 Å². The summed E-state index contributed by atoms with van der Waals surface area (Å²) in [7, 11) is 0. The van der Waals surface area contributed by atoms with Crippen molar-refractivity contribution in [2.45, 2.75) is 0 Å². The zero-order chi connectivity index (χ0) is 14.7. The molecule has 0 bridgehead atoms. The van der Waals surface area contributed by atoms with E-state index >= 15 is 0 Å². The van der Waals surface area contributed by atoms with Gasteiger partial charge in [-0.05, 0) is 42.0 Å². The molecule has 3 rings (SSSR count). The summed E-state index contributed by atoms with van der Waals surface area (Å²) in [5, 5.41) is 28.3. The van der Waals surface area contributed by atoms with Crippen LogP contribution in [-0.4, -0.2) is 20.5 Å². The molecule has 0 unspecified atom stereocenters. The maximum Gasteiger partial charge on any atom is 0.152 e. The molecule has 0 fully saturated rings. The molecule has 6 heteroatoms. The normalized spacial score (nSPS) is 10.3. The van der Waals surface area contributed by atoms with Crippen LogP contribution in [0.1, 0.15) is 0 Å². The molecule has 1 aromatic heterocycles. The van der Waals surface area contributed by atoms with Gasteiger partial charge in [-0.3, -0.25) is 15.8 Å². The highest BCUT2D eigenvalue weighted by Crippen LogP contribution is 2.24. The minimum atomic E-state index is 0.223. The van der Waals surface area contributed by atoms with Gasteiger partial charge in [-0.2, -0.15) is 5.10 Å². The summed E-state index contributed by atoms with van der Waals surface area (Å²) in [4.78, 5) is 0. The molecule has 1 heterocycles.